The van der Waals surface area contributed by atoms with Crippen molar-refractivity contribution in [3.05, 3.63) is 71.3 Å². The smallest absolute Gasteiger partial charge is 0.251 e. The number of rotatable bonds is 4. The van der Waals surface area contributed by atoms with Crippen molar-refractivity contribution in [1.82, 2.24) is 10.3 Å². The van der Waals surface area contributed by atoms with Crippen LogP contribution in [-0.2, 0) is 0 Å². The molecule has 0 saturated heterocycles. The van der Waals surface area contributed by atoms with Gasteiger partial charge in [-0.25, -0.2) is 13.8 Å². The van der Waals surface area contributed by atoms with E-state index < -0.39 is 17.5 Å². The molecule has 0 radical (unpaired) electrons. The van der Waals surface area contributed by atoms with E-state index in [2.05, 4.69) is 29.7 Å². The van der Waals surface area contributed by atoms with Gasteiger partial charge < -0.3 is 10.6 Å². The summed E-state index contributed by atoms with van der Waals surface area (Å²) < 4.78 is 26.6. The van der Waals surface area contributed by atoms with Crippen LogP contribution in [0, 0.1) is 18.6 Å². The number of hydrogen-bond donors (Lipinski definition) is 2. The minimum absolute atomic E-state index is 0.00169. The Kier molecular flexibility index (Phi) is 5.43. The molecule has 1 amide bonds. The molecule has 1 heterocycles. The van der Waals surface area contributed by atoms with Crippen LogP contribution < -0.4 is 10.6 Å². The topological polar surface area (TPSA) is 54.0 Å². The Hall–Kier alpha value is -3.02. The van der Waals surface area contributed by atoms with Crippen molar-refractivity contribution in [3.63, 3.8) is 0 Å². The van der Waals surface area contributed by atoms with Gasteiger partial charge in [0.15, 0.2) is 0 Å². The van der Waals surface area contributed by atoms with E-state index in [4.69, 9.17) is 4.98 Å². The number of benzene rings is 2. The lowest BCUT2D eigenvalue weighted by Crippen LogP contribution is -2.40. The fraction of sp³-hybridized carbons (Fsp3) is 0.304. The Morgan fingerprint density at radius 2 is 1.62 bits per heavy atom. The number of aryl methyl sites for hydroxylation is 1. The van der Waals surface area contributed by atoms with Crippen LogP contribution in [0.25, 0.3) is 10.9 Å². The highest BCUT2D eigenvalue weighted by atomic mass is 19.1. The Bertz CT molecular complexity index is 1030. The number of para-hydroxylation sites is 1. The maximum atomic E-state index is 13.3. The second-order valence-corrected chi connectivity index (χ2v) is 7.67. The highest BCUT2D eigenvalue weighted by molar-refractivity contribution is 5.94. The predicted molar refractivity (Wildman–Crippen MR) is 110 cm³/mol. The molecule has 29 heavy (non-hydrogen) atoms. The first-order valence-corrected chi connectivity index (χ1v) is 9.88. The maximum absolute atomic E-state index is 13.3. The van der Waals surface area contributed by atoms with E-state index in [9.17, 15) is 13.6 Å². The quantitative estimate of drug-likeness (QED) is 0.655. The molecule has 0 aliphatic heterocycles. The molecular formula is C23H23F2N3O. The van der Waals surface area contributed by atoms with E-state index in [0.29, 0.717) is 0 Å². The van der Waals surface area contributed by atoms with Gasteiger partial charge in [-0.3, -0.25) is 4.79 Å². The van der Waals surface area contributed by atoms with Crippen molar-refractivity contribution in [3.8, 4) is 0 Å². The van der Waals surface area contributed by atoms with E-state index in [1.807, 2.05) is 18.2 Å². The van der Waals surface area contributed by atoms with Crippen LogP contribution in [0.2, 0.25) is 0 Å². The molecule has 4 rings (SSSR count). The number of nitrogens with zero attached hydrogens (tertiary/aromatic N) is 1. The molecule has 1 aliphatic rings. The number of pyridine rings is 1. The lowest BCUT2D eigenvalue weighted by Gasteiger charge is -2.30. The van der Waals surface area contributed by atoms with Gasteiger partial charge in [-0.2, -0.15) is 0 Å². The summed E-state index contributed by atoms with van der Waals surface area (Å²) in [5.41, 5.74) is 2.17. The van der Waals surface area contributed by atoms with Crippen LogP contribution in [0.1, 0.15) is 41.6 Å². The van der Waals surface area contributed by atoms with E-state index in [1.54, 1.807) is 0 Å². The highest BCUT2D eigenvalue weighted by Gasteiger charge is 2.23. The number of fused-ring (bicyclic) bond motifs is 1. The summed E-state index contributed by atoms with van der Waals surface area (Å²) in [6, 6.07) is 13.3. The summed E-state index contributed by atoms with van der Waals surface area (Å²) in [5, 5.41) is 7.55. The molecule has 150 valence electrons. The van der Waals surface area contributed by atoms with Gasteiger partial charge in [0.2, 0.25) is 0 Å². The van der Waals surface area contributed by atoms with E-state index >= 15 is 0 Å². The molecule has 2 N–H and O–H groups in total. The molecule has 0 unspecified atom stereocenters. The minimum Gasteiger partial charge on any atom is -0.367 e. The Balaban J connectivity index is 1.34. The number of hydrogen-bond acceptors (Lipinski definition) is 3. The lowest BCUT2D eigenvalue weighted by atomic mass is 9.91. The zero-order chi connectivity index (χ0) is 20.4. The van der Waals surface area contributed by atoms with Gasteiger partial charge in [0, 0.05) is 29.1 Å². The molecule has 4 nitrogen and oxygen atoms in total. The summed E-state index contributed by atoms with van der Waals surface area (Å²) in [4.78, 5) is 17.0. The zero-order valence-corrected chi connectivity index (χ0v) is 16.2. The van der Waals surface area contributed by atoms with Gasteiger partial charge in [-0.1, -0.05) is 18.2 Å². The van der Waals surface area contributed by atoms with Crippen molar-refractivity contribution in [2.24, 2.45) is 0 Å². The van der Waals surface area contributed by atoms with Crippen molar-refractivity contribution < 1.29 is 13.6 Å². The molecule has 0 bridgehead atoms. The van der Waals surface area contributed by atoms with Gasteiger partial charge in [-0.05, 0) is 62.4 Å². The van der Waals surface area contributed by atoms with E-state index in [1.165, 1.54) is 5.56 Å². The average molecular weight is 395 g/mol. The summed E-state index contributed by atoms with van der Waals surface area (Å²) in [6.07, 6.45) is 3.37. The van der Waals surface area contributed by atoms with Gasteiger partial charge in [0.1, 0.15) is 17.5 Å². The molecule has 0 atom stereocenters. The first-order valence-electron chi connectivity index (χ1n) is 9.88. The zero-order valence-electron chi connectivity index (χ0n) is 16.2. The predicted octanol–water partition coefficient (Wildman–Crippen LogP) is 4.97. The van der Waals surface area contributed by atoms with Crippen LogP contribution in [0.4, 0.5) is 14.6 Å². The average Bonchev–Trinajstić information content (AvgIpc) is 2.69. The van der Waals surface area contributed by atoms with Crippen LogP contribution in [0.5, 0.6) is 0 Å². The summed E-state index contributed by atoms with van der Waals surface area (Å²) in [6.45, 7) is 2.08. The van der Waals surface area contributed by atoms with Gasteiger partial charge in [0.25, 0.3) is 5.91 Å². The van der Waals surface area contributed by atoms with Crippen LogP contribution >= 0.6 is 0 Å². The summed E-state index contributed by atoms with van der Waals surface area (Å²) in [5.74, 6) is -1.07. The second kappa shape index (κ2) is 8.15. The van der Waals surface area contributed by atoms with Crippen molar-refractivity contribution >= 4 is 22.6 Å². The Morgan fingerprint density at radius 1 is 0.966 bits per heavy atom. The molecule has 1 aliphatic carbocycles. The van der Waals surface area contributed by atoms with E-state index in [-0.39, 0.29) is 17.6 Å². The Morgan fingerprint density at radius 3 is 2.34 bits per heavy atom. The van der Waals surface area contributed by atoms with Gasteiger partial charge >= 0.3 is 0 Å². The number of anilines is 1. The van der Waals surface area contributed by atoms with Gasteiger partial charge in [0.05, 0.1) is 5.52 Å². The number of aromatic nitrogens is 1. The largest absolute Gasteiger partial charge is 0.367 e. The number of carbonyl (C=O) groups excluding carboxylic acids is 1. The number of halogens is 2. The highest BCUT2D eigenvalue weighted by Crippen LogP contribution is 2.25. The summed E-state index contributed by atoms with van der Waals surface area (Å²) in [7, 11) is 0. The van der Waals surface area contributed by atoms with Crippen LogP contribution in [0.15, 0.2) is 48.5 Å². The second-order valence-electron chi connectivity index (χ2n) is 7.67. The number of carbonyl (C=O) groups is 1. The molecule has 2 aromatic carbocycles. The Labute approximate surface area is 168 Å². The lowest BCUT2D eigenvalue weighted by molar-refractivity contribution is 0.0925. The van der Waals surface area contributed by atoms with Crippen molar-refractivity contribution in [2.45, 2.75) is 44.7 Å². The third-order valence-corrected chi connectivity index (χ3v) is 5.46. The molecule has 6 heteroatoms. The monoisotopic (exact) mass is 395 g/mol. The van der Waals surface area contributed by atoms with E-state index in [0.717, 1.165) is 60.6 Å². The molecule has 1 saturated carbocycles. The fourth-order valence-corrected chi connectivity index (χ4v) is 3.97. The van der Waals surface area contributed by atoms with Crippen molar-refractivity contribution in [2.75, 3.05) is 5.32 Å². The first-order chi connectivity index (χ1) is 14.0. The maximum Gasteiger partial charge on any atom is 0.251 e. The molecule has 3 aromatic rings. The van der Waals surface area contributed by atoms with Gasteiger partial charge in [-0.15, -0.1) is 0 Å². The van der Waals surface area contributed by atoms with Crippen LogP contribution in [-0.4, -0.2) is 23.0 Å². The fourth-order valence-electron chi connectivity index (χ4n) is 3.97. The third-order valence-electron chi connectivity index (χ3n) is 5.46. The molecule has 0 spiro atoms. The normalized spacial score (nSPS) is 19.1. The minimum atomic E-state index is -0.749. The van der Waals surface area contributed by atoms with Crippen molar-refractivity contribution in [1.29, 1.82) is 0 Å². The molecule has 1 aromatic heterocycles. The standard InChI is InChI=1S/C23H23F2N3O/c1-14-10-22(28-21-5-3-2-4-20(14)21)26-18-6-8-19(9-7-18)27-23(29)15-11-16(24)13-17(25)12-15/h2-5,10-13,18-19H,6-9H2,1H3,(H,26,28)(H,27,29)/t18-,19+. The third kappa shape index (κ3) is 4.53. The molecule has 1 fully saturated rings. The number of nitrogens with one attached hydrogen (secondary N) is 2. The first kappa shape index (κ1) is 19.3. The number of amides is 1. The molecular weight excluding hydrogens is 372 g/mol. The van der Waals surface area contributed by atoms with Crippen LogP contribution in [0.3, 0.4) is 0 Å². The summed E-state index contributed by atoms with van der Waals surface area (Å²) >= 11 is 0. The SMILES string of the molecule is Cc1cc(N[C@H]2CC[C@@H](NC(=O)c3cc(F)cc(F)c3)CC2)nc2ccccc12.